The molecule has 0 aliphatic carbocycles. The molecule has 1 amide bonds. The van der Waals surface area contributed by atoms with E-state index >= 15 is 0 Å². The quantitative estimate of drug-likeness (QED) is 0.492. The Bertz CT molecular complexity index is 1110. The monoisotopic (exact) mass is 464 g/mol. The summed E-state index contributed by atoms with van der Waals surface area (Å²) in [5.74, 6) is 0.537. The maximum Gasteiger partial charge on any atom is 0.410 e. The Balaban J connectivity index is 1.44. The minimum Gasteiger partial charge on any atom is -0.444 e. The topological polar surface area (TPSA) is 67.3 Å². The summed E-state index contributed by atoms with van der Waals surface area (Å²) in [5, 5.41) is 3.92. The van der Waals surface area contributed by atoms with E-state index in [1.807, 2.05) is 51.1 Å². The molecule has 1 N–H and O–H groups in total. The number of carbonyl (C=O) groups is 1. The van der Waals surface area contributed by atoms with Gasteiger partial charge in [-0.2, -0.15) is 0 Å². The Morgan fingerprint density at radius 3 is 2.39 bits per heavy atom. The van der Waals surface area contributed by atoms with Crippen LogP contribution in [0.1, 0.15) is 33.6 Å². The van der Waals surface area contributed by atoms with E-state index in [9.17, 15) is 4.79 Å². The molecule has 0 radical (unpaired) electrons. The number of ether oxygens (including phenoxy) is 1. The molecule has 172 valence electrons. The number of nitrogens with one attached hydrogen (secondary N) is 1. The molecular formula is C26H29ClN4O2. The van der Waals surface area contributed by atoms with Gasteiger partial charge < -0.3 is 15.0 Å². The molecule has 0 saturated carbocycles. The van der Waals surface area contributed by atoms with Crippen LogP contribution in [-0.4, -0.2) is 45.7 Å². The lowest BCUT2D eigenvalue weighted by atomic mass is 10.0. The lowest BCUT2D eigenvalue weighted by Gasteiger charge is -2.33. The van der Waals surface area contributed by atoms with Gasteiger partial charge in [-0.3, -0.25) is 0 Å². The Kier molecular flexibility index (Phi) is 6.84. The van der Waals surface area contributed by atoms with E-state index in [0.29, 0.717) is 29.8 Å². The number of anilines is 1. The highest BCUT2D eigenvalue weighted by molar-refractivity contribution is 6.32. The van der Waals surface area contributed by atoms with Gasteiger partial charge in [-0.15, -0.1) is 0 Å². The fraction of sp³-hybridized carbons (Fsp3) is 0.346. The van der Waals surface area contributed by atoms with Gasteiger partial charge in [-0.25, -0.2) is 14.8 Å². The first-order valence-electron chi connectivity index (χ1n) is 11.2. The molecule has 2 heterocycles. The first kappa shape index (κ1) is 23.1. The van der Waals surface area contributed by atoms with E-state index in [1.54, 1.807) is 11.1 Å². The first-order valence-corrected chi connectivity index (χ1v) is 11.6. The maximum absolute atomic E-state index is 12.3. The van der Waals surface area contributed by atoms with Crippen molar-refractivity contribution in [3.63, 3.8) is 0 Å². The maximum atomic E-state index is 12.3. The molecule has 3 aromatic rings. The van der Waals surface area contributed by atoms with Crippen molar-refractivity contribution >= 4 is 23.6 Å². The zero-order valence-corrected chi connectivity index (χ0v) is 20.0. The number of rotatable bonds is 4. The van der Waals surface area contributed by atoms with Crippen LogP contribution in [0, 0.1) is 0 Å². The van der Waals surface area contributed by atoms with Gasteiger partial charge in [0.2, 0.25) is 5.95 Å². The van der Waals surface area contributed by atoms with Crippen molar-refractivity contribution in [1.29, 1.82) is 0 Å². The SMILES string of the molecule is CC(C)(C)OC(=O)N1CCC(Nc2ncc(Cl)c(-c3cccc(-c4ccccc4)c3)n2)CC1. The standard InChI is InChI=1S/C26H29ClN4O2/c1-26(2,3)33-25(32)31-14-12-21(13-15-31)29-24-28-17-22(27)23(30-24)20-11-7-10-19(16-20)18-8-5-4-6-9-18/h4-11,16-17,21H,12-15H2,1-3H3,(H,28,29,30). The molecule has 1 aliphatic rings. The van der Waals surface area contributed by atoms with Crippen molar-refractivity contribution in [2.24, 2.45) is 0 Å². The van der Waals surface area contributed by atoms with Gasteiger partial charge in [0.15, 0.2) is 0 Å². The normalized spacial score (nSPS) is 14.7. The fourth-order valence-electron chi connectivity index (χ4n) is 3.83. The van der Waals surface area contributed by atoms with Gasteiger partial charge >= 0.3 is 6.09 Å². The molecule has 1 aromatic heterocycles. The molecule has 1 saturated heterocycles. The minimum atomic E-state index is -0.489. The summed E-state index contributed by atoms with van der Waals surface area (Å²) >= 11 is 6.47. The zero-order valence-electron chi connectivity index (χ0n) is 19.2. The lowest BCUT2D eigenvalue weighted by molar-refractivity contribution is 0.0210. The second-order valence-electron chi connectivity index (χ2n) is 9.22. The molecule has 0 atom stereocenters. The first-order chi connectivity index (χ1) is 15.8. The Morgan fingerprint density at radius 1 is 1.03 bits per heavy atom. The smallest absolute Gasteiger partial charge is 0.410 e. The number of amides is 1. The van der Waals surface area contributed by atoms with Crippen LogP contribution in [-0.2, 0) is 4.74 Å². The molecule has 0 spiro atoms. The molecule has 7 heteroatoms. The number of benzene rings is 2. The van der Waals surface area contributed by atoms with E-state index in [0.717, 1.165) is 29.5 Å². The summed E-state index contributed by atoms with van der Waals surface area (Å²) < 4.78 is 5.48. The fourth-order valence-corrected chi connectivity index (χ4v) is 4.03. The number of hydrogen-bond donors (Lipinski definition) is 1. The van der Waals surface area contributed by atoms with Crippen LogP contribution in [0.4, 0.5) is 10.7 Å². The van der Waals surface area contributed by atoms with Gasteiger partial charge in [0.1, 0.15) is 5.60 Å². The third kappa shape index (κ3) is 6.02. The van der Waals surface area contributed by atoms with Crippen LogP contribution in [0.25, 0.3) is 22.4 Å². The van der Waals surface area contributed by atoms with Crippen LogP contribution < -0.4 is 5.32 Å². The second kappa shape index (κ2) is 9.79. The number of likely N-dealkylation sites (tertiary alicyclic amines) is 1. The van der Waals surface area contributed by atoms with Crippen LogP contribution in [0.15, 0.2) is 60.8 Å². The molecular weight excluding hydrogens is 436 g/mol. The largest absolute Gasteiger partial charge is 0.444 e. The molecule has 0 unspecified atom stereocenters. The number of carbonyl (C=O) groups excluding carboxylic acids is 1. The van der Waals surface area contributed by atoms with Crippen molar-refractivity contribution in [2.75, 3.05) is 18.4 Å². The van der Waals surface area contributed by atoms with Gasteiger partial charge in [0.05, 0.1) is 16.9 Å². The summed E-state index contributed by atoms with van der Waals surface area (Å²) in [6.45, 7) is 6.90. The Labute approximate surface area is 200 Å². The third-order valence-corrected chi connectivity index (χ3v) is 5.74. The average molecular weight is 465 g/mol. The average Bonchev–Trinajstić information content (AvgIpc) is 2.80. The zero-order chi connectivity index (χ0) is 23.4. The summed E-state index contributed by atoms with van der Waals surface area (Å²) in [4.78, 5) is 23.1. The predicted octanol–water partition coefficient (Wildman–Crippen LogP) is 6.28. The second-order valence-corrected chi connectivity index (χ2v) is 9.63. The summed E-state index contributed by atoms with van der Waals surface area (Å²) in [6.07, 6.45) is 2.97. The Hall–Kier alpha value is -3.12. The molecule has 4 rings (SSSR count). The van der Waals surface area contributed by atoms with Gasteiger partial charge in [-0.05, 0) is 50.8 Å². The van der Waals surface area contributed by atoms with Crippen molar-refractivity contribution in [3.05, 3.63) is 65.8 Å². The predicted molar refractivity (Wildman–Crippen MR) is 132 cm³/mol. The number of halogens is 1. The van der Waals surface area contributed by atoms with E-state index < -0.39 is 5.60 Å². The summed E-state index contributed by atoms with van der Waals surface area (Å²) in [5.41, 5.74) is 3.38. The van der Waals surface area contributed by atoms with E-state index in [-0.39, 0.29) is 12.1 Å². The van der Waals surface area contributed by atoms with E-state index in [1.165, 1.54) is 0 Å². The molecule has 6 nitrogen and oxygen atoms in total. The van der Waals surface area contributed by atoms with Crippen molar-refractivity contribution < 1.29 is 9.53 Å². The third-order valence-electron chi connectivity index (χ3n) is 5.47. The summed E-state index contributed by atoms with van der Waals surface area (Å²) in [6, 6.07) is 18.6. The van der Waals surface area contributed by atoms with Gasteiger partial charge in [-0.1, -0.05) is 60.1 Å². The molecule has 33 heavy (non-hydrogen) atoms. The van der Waals surface area contributed by atoms with Crippen LogP contribution in [0.2, 0.25) is 5.02 Å². The van der Waals surface area contributed by atoms with Crippen molar-refractivity contribution in [2.45, 2.75) is 45.3 Å². The highest BCUT2D eigenvalue weighted by Crippen LogP contribution is 2.30. The van der Waals surface area contributed by atoms with E-state index in [4.69, 9.17) is 21.3 Å². The van der Waals surface area contributed by atoms with Crippen LogP contribution in [0.5, 0.6) is 0 Å². The minimum absolute atomic E-state index is 0.174. The van der Waals surface area contributed by atoms with Crippen molar-refractivity contribution in [1.82, 2.24) is 14.9 Å². The van der Waals surface area contributed by atoms with Gasteiger partial charge in [0.25, 0.3) is 0 Å². The molecule has 1 fully saturated rings. The van der Waals surface area contributed by atoms with Gasteiger partial charge in [0, 0.05) is 24.7 Å². The number of hydrogen-bond acceptors (Lipinski definition) is 5. The van der Waals surface area contributed by atoms with E-state index in [2.05, 4.69) is 34.6 Å². The number of piperidine rings is 1. The van der Waals surface area contributed by atoms with Crippen molar-refractivity contribution in [3.8, 4) is 22.4 Å². The van der Waals surface area contributed by atoms with Crippen LogP contribution >= 0.6 is 11.6 Å². The molecule has 1 aliphatic heterocycles. The molecule has 0 bridgehead atoms. The highest BCUT2D eigenvalue weighted by Gasteiger charge is 2.27. The number of aromatic nitrogens is 2. The summed E-state index contributed by atoms with van der Waals surface area (Å²) in [7, 11) is 0. The highest BCUT2D eigenvalue weighted by atomic mass is 35.5. The number of nitrogens with zero attached hydrogens (tertiary/aromatic N) is 3. The molecule has 2 aromatic carbocycles. The Morgan fingerprint density at radius 2 is 1.70 bits per heavy atom. The lowest BCUT2D eigenvalue weighted by Crippen LogP contribution is -2.44. The van der Waals surface area contributed by atoms with Crippen LogP contribution in [0.3, 0.4) is 0 Å².